The van der Waals surface area contributed by atoms with E-state index in [0.717, 1.165) is 12.0 Å². The highest BCUT2D eigenvalue weighted by atomic mass is 19.1. The molecule has 3 rings (SSSR count). The Labute approximate surface area is 152 Å². The van der Waals surface area contributed by atoms with Crippen molar-refractivity contribution >= 4 is 17.7 Å². The summed E-state index contributed by atoms with van der Waals surface area (Å²) in [6, 6.07) is 6.36. The summed E-state index contributed by atoms with van der Waals surface area (Å²) in [5.41, 5.74) is 0.851. The van der Waals surface area contributed by atoms with Crippen molar-refractivity contribution in [3.05, 3.63) is 35.6 Å². The standard InChI is InChI=1S/C19H24FN3O3/c1-13(24)22-7-9-23(10-8-22)18(25)5-6-21-19(26)17-12-16(17)14-3-2-4-15(20)11-14/h2-4,11,16-17H,5-10,12H2,1H3,(H,21,26). The molecule has 1 saturated carbocycles. The minimum absolute atomic E-state index is 0.00835. The minimum atomic E-state index is -0.288. The average Bonchev–Trinajstić information content (AvgIpc) is 3.42. The first kappa shape index (κ1) is 18.4. The highest BCUT2D eigenvalue weighted by Gasteiger charge is 2.43. The smallest absolute Gasteiger partial charge is 0.224 e. The van der Waals surface area contributed by atoms with E-state index < -0.39 is 0 Å². The van der Waals surface area contributed by atoms with Crippen LogP contribution in [0.25, 0.3) is 0 Å². The van der Waals surface area contributed by atoms with Crippen molar-refractivity contribution in [3.8, 4) is 0 Å². The summed E-state index contributed by atoms with van der Waals surface area (Å²) >= 11 is 0. The molecule has 1 aliphatic carbocycles. The van der Waals surface area contributed by atoms with Crippen LogP contribution in [-0.4, -0.2) is 60.2 Å². The zero-order valence-electron chi connectivity index (χ0n) is 14.9. The van der Waals surface area contributed by atoms with Crippen LogP contribution in [0.5, 0.6) is 0 Å². The molecule has 2 fully saturated rings. The number of nitrogens with one attached hydrogen (secondary N) is 1. The molecule has 140 valence electrons. The predicted molar refractivity (Wildman–Crippen MR) is 93.7 cm³/mol. The van der Waals surface area contributed by atoms with Gasteiger partial charge in [0.2, 0.25) is 17.7 Å². The van der Waals surface area contributed by atoms with Gasteiger partial charge in [-0.2, -0.15) is 0 Å². The molecule has 1 heterocycles. The van der Waals surface area contributed by atoms with Gasteiger partial charge in [-0.05, 0) is 30.0 Å². The maximum Gasteiger partial charge on any atom is 0.224 e. The quantitative estimate of drug-likeness (QED) is 0.855. The first-order valence-corrected chi connectivity index (χ1v) is 9.02. The van der Waals surface area contributed by atoms with E-state index in [-0.39, 0.29) is 41.8 Å². The molecule has 1 saturated heterocycles. The van der Waals surface area contributed by atoms with Gasteiger partial charge in [0.05, 0.1) is 0 Å². The van der Waals surface area contributed by atoms with E-state index >= 15 is 0 Å². The van der Waals surface area contributed by atoms with Crippen molar-refractivity contribution < 1.29 is 18.8 Å². The average molecular weight is 361 g/mol. The van der Waals surface area contributed by atoms with E-state index in [2.05, 4.69) is 5.32 Å². The van der Waals surface area contributed by atoms with E-state index in [0.29, 0.717) is 32.7 Å². The summed E-state index contributed by atoms with van der Waals surface area (Å²) in [4.78, 5) is 39.1. The number of amides is 3. The minimum Gasteiger partial charge on any atom is -0.355 e. The lowest BCUT2D eigenvalue weighted by Crippen LogP contribution is -2.50. The van der Waals surface area contributed by atoms with Crippen LogP contribution in [0.2, 0.25) is 0 Å². The van der Waals surface area contributed by atoms with Crippen molar-refractivity contribution in [1.82, 2.24) is 15.1 Å². The molecule has 1 aromatic rings. The van der Waals surface area contributed by atoms with Crippen LogP contribution in [0, 0.1) is 11.7 Å². The van der Waals surface area contributed by atoms with Gasteiger partial charge in [-0.15, -0.1) is 0 Å². The molecular weight excluding hydrogens is 337 g/mol. The summed E-state index contributed by atoms with van der Waals surface area (Å²) in [5.74, 6) is -0.405. The Kier molecular flexibility index (Phi) is 5.54. The third-order valence-electron chi connectivity index (χ3n) is 5.12. The monoisotopic (exact) mass is 361 g/mol. The van der Waals surface area contributed by atoms with Gasteiger partial charge in [0.25, 0.3) is 0 Å². The predicted octanol–water partition coefficient (Wildman–Crippen LogP) is 1.13. The maximum absolute atomic E-state index is 13.3. The second kappa shape index (κ2) is 7.85. The van der Waals surface area contributed by atoms with Crippen molar-refractivity contribution in [2.45, 2.75) is 25.7 Å². The lowest BCUT2D eigenvalue weighted by Gasteiger charge is -2.34. The van der Waals surface area contributed by atoms with Crippen LogP contribution in [-0.2, 0) is 14.4 Å². The summed E-state index contributed by atoms with van der Waals surface area (Å²) in [5, 5.41) is 2.81. The van der Waals surface area contributed by atoms with Gasteiger partial charge in [0, 0.05) is 52.0 Å². The number of piperazine rings is 1. The topological polar surface area (TPSA) is 69.7 Å². The van der Waals surface area contributed by atoms with Crippen LogP contribution >= 0.6 is 0 Å². The second-order valence-corrected chi connectivity index (χ2v) is 6.93. The highest BCUT2D eigenvalue weighted by molar-refractivity contribution is 5.84. The molecule has 0 spiro atoms. The van der Waals surface area contributed by atoms with Crippen LogP contribution in [0.4, 0.5) is 4.39 Å². The Morgan fingerprint density at radius 2 is 1.85 bits per heavy atom. The zero-order valence-corrected chi connectivity index (χ0v) is 14.9. The summed E-state index contributed by atoms with van der Waals surface area (Å²) in [6.45, 7) is 4.03. The Bertz CT molecular complexity index is 701. The highest BCUT2D eigenvalue weighted by Crippen LogP contribution is 2.47. The molecule has 0 aromatic heterocycles. The number of benzene rings is 1. The molecule has 0 bridgehead atoms. The third kappa shape index (κ3) is 4.39. The van der Waals surface area contributed by atoms with Crippen molar-refractivity contribution in [1.29, 1.82) is 0 Å². The number of hydrogen-bond donors (Lipinski definition) is 1. The van der Waals surface area contributed by atoms with Crippen LogP contribution < -0.4 is 5.32 Å². The van der Waals surface area contributed by atoms with Gasteiger partial charge in [0.1, 0.15) is 5.82 Å². The normalized spacial score (nSPS) is 22.1. The largest absolute Gasteiger partial charge is 0.355 e. The second-order valence-electron chi connectivity index (χ2n) is 6.93. The molecule has 7 heteroatoms. The molecule has 0 radical (unpaired) electrons. The summed E-state index contributed by atoms with van der Waals surface area (Å²) in [7, 11) is 0. The summed E-state index contributed by atoms with van der Waals surface area (Å²) in [6.07, 6.45) is 0.972. The fraction of sp³-hybridized carbons (Fsp3) is 0.526. The molecule has 2 atom stereocenters. The van der Waals surface area contributed by atoms with E-state index in [1.165, 1.54) is 19.1 Å². The Morgan fingerprint density at radius 1 is 1.15 bits per heavy atom. The molecule has 26 heavy (non-hydrogen) atoms. The number of rotatable bonds is 5. The van der Waals surface area contributed by atoms with E-state index in [1.54, 1.807) is 15.9 Å². The van der Waals surface area contributed by atoms with E-state index in [4.69, 9.17) is 0 Å². The van der Waals surface area contributed by atoms with E-state index in [9.17, 15) is 18.8 Å². The molecule has 2 unspecified atom stereocenters. The van der Waals surface area contributed by atoms with Gasteiger partial charge in [-0.1, -0.05) is 12.1 Å². The van der Waals surface area contributed by atoms with Gasteiger partial charge < -0.3 is 15.1 Å². The van der Waals surface area contributed by atoms with Crippen molar-refractivity contribution in [3.63, 3.8) is 0 Å². The Balaban J connectivity index is 1.37. The number of carbonyl (C=O) groups is 3. The van der Waals surface area contributed by atoms with Gasteiger partial charge in [0.15, 0.2) is 0 Å². The van der Waals surface area contributed by atoms with Gasteiger partial charge in [-0.3, -0.25) is 14.4 Å². The number of halogens is 1. The number of hydrogen-bond acceptors (Lipinski definition) is 3. The molecule has 1 aliphatic heterocycles. The lowest BCUT2D eigenvalue weighted by molar-refractivity contribution is -0.138. The maximum atomic E-state index is 13.3. The number of carbonyl (C=O) groups excluding carboxylic acids is 3. The molecule has 6 nitrogen and oxygen atoms in total. The lowest BCUT2D eigenvalue weighted by atomic mass is 10.1. The molecule has 1 aromatic carbocycles. The van der Waals surface area contributed by atoms with Crippen LogP contribution in [0.15, 0.2) is 24.3 Å². The van der Waals surface area contributed by atoms with Crippen LogP contribution in [0.1, 0.15) is 31.2 Å². The molecular formula is C19H24FN3O3. The fourth-order valence-corrected chi connectivity index (χ4v) is 3.44. The van der Waals surface area contributed by atoms with Crippen molar-refractivity contribution in [2.24, 2.45) is 5.92 Å². The Hall–Kier alpha value is -2.44. The third-order valence-corrected chi connectivity index (χ3v) is 5.12. The summed E-state index contributed by atoms with van der Waals surface area (Å²) < 4.78 is 13.3. The van der Waals surface area contributed by atoms with Crippen LogP contribution in [0.3, 0.4) is 0 Å². The Morgan fingerprint density at radius 3 is 2.50 bits per heavy atom. The molecule has 1 N–H and O–H groups in total. The van der Waals surface area contributed by atoms with Gasteiger partial charge in [-0.25, -0.2) is 4.39 Å². The first-order chi connectivity index (χ1) is 12.5. The fourth-order valence-electron chi connectivity index (χ4n) is 3.44. The van der Waals surface area contributed by atoms with Gasteiger partial charge >= 0.3 is 0 Å². The molecule has 2 aliphatic rings. The first-order valence-electron chi connectivity index (χ1n) is 9.02. The molecule has 3 amide bonds. The van der Waals surface area contributed by atoms with E-state index in [1.807, 2.05) is 6.07 Å². The zero-order chi connectivity index (χ0) is 18.7. The van der Waals surface area contributed by atoms with Crippen molar-refractivity contribution in [2.75, 3.05) is 32.7 Å². The number of nitrogens with zero attached hydrogens (tertiary/aromatic N) is 2. The SMILES string of the molecule is CC(=O)N1CCN(C(=O)CCNC(=O)C2CC2c2cccc(F)c2)CC1.